The normalized spacial score (nSPS) is 15.0. The van der Waals surface area contributed by atoms with E-state index in [-0.39, 0.29) is 23.6 Å². The lowest BCUT2D eigenvalue weighted by Gasteiger charge is -2.14. The lowest BCUT2D eigenvalue weighted by atomic mass is 10.1. The SMILES string of the molecule is Cl.NCC1(COc2cnc(Cl)c(-c3cccc(F)c3)c2)CC1. The van der Waals surface area contributed by atoms with Gasteiger partial charge in [0.25, 0.3) is 0 Å². The molecule has 1 fully saturated rings. The summed E-state index contributed by atoms with van der Waals surface area (Å²) in [6.45, 7) is 1.21. The summed E-state index contributed by atoms with van der Waals surface area (Å²) in [5.74, 6) is 0.313. The molecule has 1 heterocycles. The molecule has 1 aliphatic rings. The molecule has 1 aromatic heterocycles. The summed E-state index contributed by atoms with van der Waals surface area (Å²) in [5.41, 5.74) is 7.20. The number of hydrogen-bond acceptors (Lipinski definition) is 3. The highest BCUT2D eigenvalue weighted by atomic mass is 35.5. The number of aromatic nitrogens is 1. The monoisotopic (exact) mass is 342 g/mol. The van der Waals surface area contributed by atoms with E-state index in [0.717, 1.165) is 12.8 Å². The highest BCUT2D eigenvalue weighted by molar-refractivity contribution is 6.32. The zero-order chi connectivity index (χ0) is 14.9. The van der Waals surface area contributed by atoms with Crippen LogP contribution in [0, 0.1) is 11.2 Å². The third kappa shape index (κ3) is 3.69. The van der Waals surface area contributed by atoms with E-state index in [9.17, 15) is 4.39 Å². The van der Waals surface area contributed by atoms with E-state index in [2.05, 4.69) is 4.98 Å². The molecule has 3 nitrogen and oxygen atoms in total. The van der Waals surface area contributed by atoms with Gasteiger partial charge < -0.3 is 10.5 Å². The van der Waals surface area contributed by atoms with Crippen molar-refractivity contribution >= 4 is 24.0 Å². The van der Waals surface area contributed by atoms with Crippen molar-refractivity contribution in [2.45, 2.75) is 12.8 Å². The topological polar surface area (TPSA) is 48.1 Å². The Balaban J connectivity index is 0.00000176. The molecule has 118 valence electrons. The first kappa shape index (κ1) is 17.0. The number of rotatable bonds is 5. The number of hydrogen-bond donors (Lipinski definition) is 1. The summed E-state index contributed by atoms with van der Waals surface area (Å²) in [6.07, 6.45) is 3.78. The summed E-state index contributed by atoms with van der Waals surface area (Å²) in [4.78, 5) is 4.12. The lowest BCUT2D eigenvalue weighted by molar-refractivity contribution is 0.238. The van der Waals surface area contributed by atoms with Crippen LogP contribution in [0.4, 0.5) is 4.39 Å². The maximum absolute atomic E-state index is 13.3. The molecule has 2 aromatic rings. The number of nitrogens with two attached hydrogens (primary N) is 1. The molecule has 0 saturated heterocycles. The molecule has 0 aliphatic heterocycles. The van der Waals surface area contributed by atoms with Gasteiger partial charge in [-0.1, -0.05) is 23.7 Å². The van der Waals surface area contributed by atoms with Gasteiger partial charge in [-0.2, -0.15) is 0 Å². The minimum Gasteiger partial charge on any atom is -0.491 e. The van der Waals surface area contributed by atoms with Crippen LogP contribution < -0.4 is 10.5 Å². The van der Waals surface area contributed by atoms with Crippen LogP contribution in [-0.4, -0.2) is 18.1 Å². The van der Waals surface area contributed by atoms with Crippen LogP contribution in [0.1, 0.15) is 12.8 Å². The Morgan fingerprint density at radius 3 is 2.73 bits per heavy atom. The van der Waals surface area contributed by atoms with Gasteiger partial charge in [0.05, 0.1) is 12.8 Å². The third-order valence-corrected chi connectivity index (χ3v) is 4.19. The molecule has 1 aliphatic carbocycles. The van der Waals surface area contributed by atoms with E-state index < -0.39 is 0 Å². The van der Waals surface area contributed by atoms with Crippen molar-refractivity contribution in [2.75, 3.05) is 13.2 Å². The Bertz CT molecular complexity index is 662. The second-order valence-corrected chi connectivity index (χ2v) is 5.87. The highest BCUT2D eigenvalue weighted by Crippen LogP contribution is 2.44. The van der Waals surface area contributed by atoms with Crippen molar-refractivity contribution in [3.05, 3.63) is 47.5 Å². The fourth-order valence-corrected chi connectivity index (χ4v) is 2.40. The lowest BCUT2D eigenvalue weighted by Crippen LogP contribution is -2.22. The maximum atomic E-state index is 13.3. The van der Waals surface area contributed by atoms with Gasteiger partial charge in [-0.25, -0.2) is 9.37 Å². The predicted octanol–water partition coefficient (Wildman–Crippen LogP) is 4.08. The second-order valence-electron chi connectivity index (χ2n) is 5.51. The molecule has 0 radical (unpaired) electrons. The van der Waals surface area contributed by atoms with Gasteiger partial charge in [-0.15, -0.1) is 12.4 Å². The van der Waals surface area contributed by atoms with Crippen molar-refractivity contribution in [3.63, 3.8) is 0 Å². The molecular weight excluding hydrogens is 326 g/mol. The van der Waals surface area contributed by atoms with Gasteiger partial charge in [-0.05, 0) is 36.6 Å². The van der Waals surface area contributed by atoms with Gasteiger partial charge in [0.1, 0.15) is 16.7 Å². The zero-order valence-corrected chi connectivity index (χ0v) is 13.5. The van der Waals surface area contributed by atoms with Crippen molar-refractivity contribution in [1.82, 2.24) is 4.98 Å². The van der Waals surface area contributed by atoms with Crippen LogP contribution >= 0.6 is 24.0 Å². The van der Waals surface area contributed by atoms with Gasteiger partial charge in [0, 0.05) is 17.5 Å². The molecule has 0 unspecified atom stereocenters. The first-order valence-corrected chi connectivity index (χ1v) is 7.24. The average Bonchev–Trinajstić information content (AvgIpc) is 3.27. The second kappa shape index (κ2) is 6.82. The Morgan fingerprint density at radius 1 is 1.32 bits per heavy atom. The van der Waals surface area contributed by atoms with Crippen molar-refractivity contribution in [1.29, 1.82) is 0 Å². The zero-order valence-electron chi connectivity index (χ0n) is 11.9. The Hall–Kier alpha value is -1.36. The third-order valence-electron chi connectivity index (χ3n) is 3.88. The quantitative estimate of drug-likeness (QED) is 0.832. The molecule has 0 bridgehead atoms. The van der Waals surface area contributed by atoms with E-state index in [4.69, 9.17) is 22.1 Å². The molecule has 1 saturated carbocycles. The highest BCUT2D eigenvalue weighted by Gasteiger charge is 2.42. The van der Waals surface area contributed by atoms with Crippen LogP contribution in [0.15, 0.2) is 36.5 Å². The van der Waals surface area contributed by atoms with E-state index >= 15 is 0 Å². The van der Waals surface area contributed by atoms with E-state index in [0.29, 0.717) is 35.2 Å². The molecule has 22 heavy (non-hydrogen) atoms. The molecule has 6 heteroatoms. The van der Waals surface area contributed by atoms with Gasteiger partial charge in [0.2, 0.25) is 0 Å². The summed E-state index contributed by atoms with van der Waals surface area (Å²) < 4.78 is 19.1. The minimum absolute atomic E-state index is 0. The van der Waals surface area contributed by atoms with Gasteiger partial charge in [-0.3, -0.25) is 0 Å². The fraction of sp³-hybridized carbons (Fsp3) is 0.312. The van der Waals surface area contributed by atoms with Crippen LogP contribution in [0.25, 0.3) is 11.1 Å². The largest absolute Gasteiger partial charge is 0.491 e. The van der Waals surface area contributed by atoms with Crippen LogP contribution in [-0.2, 0) is 0 Å². The number of benzene rings is 1. The maximum Gasteiger partial charge on any atom is 0.138 e. The van der Waals surface area contributed by atoms with E-state index in [1.165, 1.54) is 12.1 Å². The summed E-state index contributed by atoms with van der Waals surface area (Å²) in [6, 6.07) is 8.04. The van der Waals surface area contributed by atoms with Crippen molar-refractivity contribution in [2.24, 2.45) is 11.1 Å². The number of pyridine rings is 1. The number of ether oxygens (including phenoxy) is 1. The van der Waals surface area contributed by atoms with Gasteiger partial charge in [0.15, 0.2) is 0 Å². The van der Waals surface area contributed by atoms with Crippen molar-refractivity contribution in [3.8, 4) is 16.9 Å². The number of nitrogens with zero attached hydrogens (tertiary/aromatic N) is 1. The van der Waals surface area contributed by atoms with Crippen LogP contribution in [0.2, 0.25) is 5.15 Å². The Labute approximate surface area is 140 Å². The molecule has 0 spiro atoms. The van der Waals surface area contributed by atoms with Crippen LogP contribution in [0.5, 0.6) is 5.75 Å². The number of halogens is 3. The van der Waals surface area contributed by atoms with Crippen molar-refractivity contribution < 1.29 is 9.13 Å². The summed E-state index contributed by atoms with van der Waals surface area (Å²) >= 11 is 6.10. The molecular formula is C16H17Cl2FN2O. The molecule has 3 rings (SSSR count). The first-order chi connectivity index (χ1) is 10.1. The summed E-state index contributed by atoms with van der Waals surface area (Å²) in [5, 5.41) is 0.327. The molecule has 0 atom stereocenters. The fourth-order valence-electron chi connectivity index (χ4n) is 2.19. The Morgan fingerprint density at radius 2 is 2.09 bits per heavy atom. The smallest absolute Gasteiger partial charge is 0.138 e. The molecule has 2 N–H and O–H groups in total. The molecule has 1 aromatic carbocycles. The average molecular weight is 343 g/mol. The van der Waals surface area contributed by atoms with E-state index in [1.54, 1.807) is 24.4 Å². The van der Waals surface area contributed by atoms with Crippen LogP contribution in [0.3, 0.4) is 0 Å². The van der Waals surface area contributed by atoms with Gasteiger partial charge >= 0.3 is 0 Å². The standard InChI is InChI=1S/C16H16ClFN2O.ClH/c17-15-14(11-2-1-3-12(18)6-11)7-13(8-20-15)21-10-16(9-19)4-5-16;/h1-3,6-8H,4-5,9-10,19H2;1H. The predicted molar refractivity (Wildman–Crippen MR) is 88.1 cm³/mol. The Kier molecular flexibility index (Phi) is 5.27. The minimum atomic E-state index is -0.310. The molecule has 0 amide bonds. The first-order valence-electron chi connectivity index (χ1n) is 6.86. The van der Waals surface area contributed by atoms with E-state index in [1.807, 2.05) is 0 Å². The summed E-state index contributed by atoms with van der Waals surface area (Å²) in [7, 11) is 0.